The summed E-state index contributed by atoms with van der Waals surface area (Å²) in [6.07, 6.45) is 4.58. The molecule has 0 atom stereocenters. The minimum absolute atomic E-state index is 0.693. The summed E-state index contributed by atoms with van der Waals surface area (Å²) in [7, 11) is 0. The molecule has 76 valence electrons. The first kappa shape index (κ1) is 9.65. The van der Waals surface area contributed by atoms with Gasteiger partial charge in [0.15, 0.2) is 6.39 Å². The Balaban J connectivity index is 2.28. The number of hydrogen-bond donors (Lipinski definition) is 0. The number of benzene rings is 1. The standard InChI is InChI=1S/C12H11NO2/c1-9-2-10(4-11(3-9)6-14)5-12-7-15-8-13-12/h2-4,6-8H,5H2,1H3. The predicted molar refractivity (Wildman–Crippen MR) is 55.9 cm³/mol. The van der Waals surface area contributed by atoms with Crippen molar-refractivity contribution in [3.63, 3.8) is 0 Å². The smallest absolute Gasteiger partial charge is 0.180 e. The normalized spacial score (nSPS) is 10.2. The number of aryl methyl sites for hydroxylation is 1. The zero-order chi connectivity index (χ0) is 10.7. The Morgan fingerprint density at radius 2 is 2.27 bits per heavy atom. The molecule has 0 fully saturated rings. The lowest BCUT2D eigenvalue weighted by Crippen LogP contribution is -1.92. The first-order chi connectivity index (χ1) is 7.28. The molecule has 3 nitrogen and oxygen atoms in total. The van der Waals surface area contributed by atoms with Crippen LogP contribution in [0.2, 0.25) is 0 Å². The molecule has 1 aromatic carbocycles. The summed E-state index contributed by atoms with van der Waals surface area (Å²) in [6, 6.07) is 5.77. The van der Waals surface area contributed by atoms with E-state index >= 15 is 0 Å². The fourth-order valence-electron chi connectivity index (χ4n) is 1.60. The maximum Gasteiger partial charge on any atom is 0.180 e. The molecule has 0 aliphatic carbocycles. The molecule has 15 heavy (non-hydrogen) atoms. The highest BCUT2D eigenvalue weighted by Crippen LogP contribution is 2.12. The van der Waals surface area contributed by atoms with Crippen LogP contribution in [0.3, 0.4) is 0 Å². The largest absolute Gasteiger partial charge is 0.451 e. The quantitative estimate of drug-likeness (QED) is 0.716. The van der Waals surface area contributed by atoms with E-state index in [2.05, 4.69) is 4.98 Å². The number of nitrogens with zero attached hydrogens (tertiary/aromatic N) is 1. The molecule has 0 unspecified atom stereocenters. The first-order valence-corrected chi connectivity index (χ1v) is 4.71. The van der Waals surface area contributed by atoms with Gasteiger partial charge >= 0.3 is 0 Å². The van der Waals surface area contributed by atoms with Crippen LogP contribution in [0.15, 0.2) is 35.3 Å². The highest BCUT2D eigenvalue weighted by atomic mass is 16.3. The van der Waals surface area contributed by atoms with Crippen molar-refractivity contribution in [3.8, 4) is 0 Å². The topological polar surface area (TPSA) is 43.1 Å². The molecule has 0 aliphatic rings. The predicted octanol–water partition coefficient (Wildman–Crippen LogP) is 2.39. The van der Waals surface area contributed by atoms with E-state index in [1.807, 2.05) is 25.1 Å². The molecule has 1 heterocycles. The number of oxazole rings is 1. The average Bonchev–Trinajstić information content (AvgIpc) is 2.69. The molecule has 2 aromatic rings. The van der Waals surface area contributed by atoms with Gasteiger partial charge in [0.25, 0.3) is 0 Å². The average molecular weight is 201 g/mol. The zero-order valence-electron chi connectivity index (χ0n) is 8.43. The van der Waals surface area contributed by atoms with Gasteiger partial charge in [-0.25, -0.2) is 4.98 Å². The van der Waals surface area contributed by atoms with Crippen LogP contribution in [-0.2, 0) is 6.42 Å². The third-order valence-corrected chi connectivity index (χ3v) is 2.16. The van der Waals surface area contributed by atoms with Gasteiger partial charge < -0.3 is 4.42 Å². The van der Waals surface area contributed by atoms with Crippen molar-refractivity contribution in [1.82, 2.24) is 4.98 Å². The minimum atomic E-state index is 0.693. The molecule has 0 aliphatic heterocycles. The number of carbonyl (C=O) groups is 1. The fourth-order valence-corrected chi connectivity index (χ4v) is 1.60. The van der Waals surface area contributed by atoms with Gasteiger partial charge in [0, 0.05) is 12.0 Å². The molecular formula is C12H11NO2. The molecule has 0 saturated heterocycles. The molecule has 1 aromatic heterocycles. The van der Waals surface area contributed by atoms with Crippen LogP contribution >= 0.6 is 0 Å². The van der Waals surface area contributed by atoms with Gasteiger partial charge in [-0.15, -0.1) is 0 Å². The second-order valence-electron chi connectivity index (χ2n) is 3.53. The van der Waals surface area contributed by atoms with Crippen LogP contribution in [0.1, 0.15) is 27.2 Å². The Labute approximate surface area is 87.8 Å². The van der Waals surface area contributed by atoms with Gasteiger partial charge in [-0.2, -0.15) is 0 Å². The van der Waals surface area contributed by atoms with Crippen LogP contribution in [0.5, 0.6) is 0 Å². The van der Waals surface area contributed by atoms with E-state index in [4.69, 9.17) is 4.42 Å². The first-order valence-electron chi connectivity index (χ1n) is 4.71. The summed E-state index contributed by atoms with van der Waals surface area (Å²) in [4.78, 5) is 14.7. The lowest BCUT2D eigenvalue weighted by atomic mass is 10.0. The van der Waals surface area contributed by atoms with E-state index in [1.54, 1.807) is 6.26 Å². The molecule has 0 radical (unpaired) electrons. The van der Waals surface area contributed by atoms with Crippen LogP contribution in [0.4, 0.5) is 0 Å². The van der Waals surface area contributed by atoms with E-state index in [-0.39, 0.29) is 0 Å². The molecule has 0 amide bonds. The maximum absolute atomic E-state index is 10.7. The number of carbonyl (C=O) groups excluding carboxylic acids is 1. The maximum atomic E-state index is 10.7. The Kier molecular flexibility index (Phi) is 2.63. The van der Waals surface area contributed by atoms with E-state index in [9.17, 15) is 4.79 Å². The molecule has 0 N–H and O–H groups in total. The van der Waals surface area contributed by atoms with Crippen molar-refractivity contribution < 1.29 is 9.21 Å². The lowest BCUT2D eigenvalue weighted by Gasteiger charge is -2.01. The number of hydrogen-bond acceptors (Lipinski definition) is 3. The van der Waals surface area contributed by atoms with Crippen LogP contribution in [0, 0.1) is 6.92 Å². The number of aromatic nitrogens is 1. The van der Waals surface area contributed by atoms with Gasteiger partial charge in [-0.1, -0.05) is 11.6 Å². The third-order valence-electron chi connectivity index (χ3n) is 2.16. The van der Waals surface area contributed by atoms with Crippen molar-refractivity contribution in [2.45, 2.75) is 13.3 Å². The molecule has 0 saturated carbocycles. The number of aldehydes is 1. The molecule has 0 bridgehead atoms. The van der Waals surface area contributed by atoms with Crippen LogP contribution < -0.4 is 0 Å². The van der Waals surface area contributed by atoms with Crippen LogP contribution in [0.25, 0.3) is 0 Å². The number of rotatable bonds is 3. The van der Waals surface area contributed by atoms with Crippen molar-refractivity contribution in [2.24, 2.45) is 0 Å². The Morgan fingerprint density at radius 3 is 2.93 bits per heavy atom. The minimum Gasteiger partial charge on any atom is -0.451 e. The zero-order valence-corrected chi connectivity index (χ0v) is 8.43. The summed E-state index contributed by atoms with van der Waals surface area (Å²) in [5.41, 5.74) is 3.73. The third kappa shape index (κ3) is 2.31. The van der Waals surface area contributed by atoms with E-state index in [0.29, 0.717) is 12.0 Å². The molecule has 0 spiro atoms. The van der Waals surface area contributed by atoms with Gasteiger partial charge in [0.2, 0.25) is 0 Å². The molecular weight excluding hydrogens is 190 g/mol. The van der Waals surface area contributed by atoms with Crippen molar-refractivity contribution >= 4 is 6.29 Å². The summed E-state index contributed by atoms with van der Waals surface area (Å²) < 4.78 is 4.89. The van der Waals surface area contributed by atoms with E-state index in [0.717, 1.165) is 23.1 Å². The lowest BCUT2D eigenvalue weighted by molar-refractivity contribution is 0.112. The Morgan fingerprint density at radius 1 is 1.40 bits per heavy atom. The summed E-state index contributed by atoms with van der Waals surface area (Å²) in [5.74, 6) is 0. The Bertz CT molecular complexity index is 460. The SMILES string of the molecule is Cc1cc(C=O)cc(Cc2cocn2)c1. The Hall–Kier alpha value is -1.90. The summed E-state index contributed by atoms with van der Waals surface area (Å²) >= 11 is 0. The van der Waals surface area contributed by atoms with Crippen molar-refractivity contribution in [1.29, 1.82) is 0 Å². The second-order valence-corrected chi connectivity index (χ2v) is 3.53. The van der Waals surface area contributed by atoms with E-state index in [1.165, 1.54) is 6.39 Å². The molecule has 3 heteroatoms. The summed E-state index contributed by atoms with van der Waals surface area (Å²) in [5, 5.41) is 0. The van der Waals surface area contributed by atoms with Gasteiger partial charge in [0.05, 0.1) is 5.69 Å². The van der Waals surface area contributed by atoms with Crippen molar-refractivity contribution in [2.75, 3.05) is 0 Å². The monoisotopic (exact) mass is 201 g/mol. The second kappa shape index (κ2) is 4.09. The highest BCUT2D eigenvalue weighted by Gasteiger charge is 2.01. The van der Waals surface area contributed by atoms with Crippen LogP contribution in [-0.4, -0.2) is 11.3 Å². The van der Waals surface area contributed by atoms with Gasteiger partial charge in [-0.3, -0.25) is 4.79 Å². The van der Waals surface area contributed by atoms with E-state index < -0.39 is 0 Å². The molecule has 2 rings (SSSR count). The summed E-state index contributed by atoms with van der Waals surface area (Å²) in [6.45, 7) is 1.97. The van der Waals surface area contributed by atoms with Crippen molar-refractivity contribution in [3.05, 3.63) is 53.2 Å². The highest BCUT2D eigenvalue weighted by molar-refractivity contribution is 5.75. The fraction of sp³-hybridized carbons (Fsp3) is 0.167. The van der Waals surface area contributed by atoms with Gasteiger partial charge in [0.1, 0.15) is 12.5 Å². The van der Waals surface area contributed by atoms with Gasteiger partial charge in [-0.05, 0) is 24.6 Å².